The Balaban J connectivity index is 4.00. The van der Waals surface area contributed by atoms with Crippen LogP contribution in [0.3, 0.4) is 0 Å². The lowest BCUT2D eigenvalue weighted by Crippen LogP contribution is -2.09. The zero-order chi connectivity index (χ0) is 9.83. The summed E-state index contributed by atoms with van der Waals surface area (Å²) >= 11 is 0. The Morgan fingerprint density at radius 1 is 0.917 bits per heavy atom. The minimum absolute atomic E-state index is 0.0439. The van der Waals surface area contributed by atoms with Crippen LogP contribution in [0.5, 0.6) is 0 Å². The first-order chi connectivity index (χ1) is 5.21. The van der Waals surface area contributed by atoms with Crippen molar-refractivity contribution in [2.24, 2.45) is 10.4 Å². The highest BCUT2D eigenvalue weighted by molar-refractivity contribution is 5.71. The first-order valence-electron chi connectivity index (χ1n) is 4.44. The second-order valence-corrected chi connectivity index (χ2v) is 5.17. The maximum Gasteiger partial charge on any atom is 0.0524 e. The van der Waals surface area contributed by atoms with Crippen LogP contribution in [0.4, 0.5) is 0 Å². The highest BCUT2D eigenvalue weighted by Gasteiger charge is 2.04. The molecule has 0 aromatic heterocycles. The molecule has 0 saturated heterocycles. The third-order valence-electron chi connectivity index (χ3n) is 1.14. The molecule has 0 fully saturated rings. The van der Waals surface area contributed by atoms with Crippen molar-refractivity contribution in [1.82, 2.24) is 0 Å². The average molecular weight is 167 g/mol. The predicted octanol–water partition coefficient (Wildman–Crippen LogP) is 3.46. The molecule has 0 spiro atoms. The first-order valence-corrected chi connectivity index (χ1v) is 4.44. The van der Waals surface area contributed by atoms with Gasteiger partial charge in [-0.3, -0.25) is 4.99 Å². The molecule has 1 nitrogen and oxygen atoms in total. The third-order valence-corrected chi connectivity index (χ3v) is 1.14. The van der Waals surface area contributed by atoms with E-state index in [4.69, 9.17) is 0 Å². The van der Waals surface area contributed by atoms with E-state index in [1.807, 2.05) is 12.3 Å². The maximum atomic E-state index is 4.35. The van der Waals surface area contributed by atoms with Crippen molar-refractivity contribution < 1.29 is 0 Å². The molecule has 0 aliphatic heterocycles. The number of aliphatic imine (C=N–C) groups is 1. The molecule has 0 saturated carbocycles. The highest BCUT2D eigenvalue weighted by Crippen LogP contribution is 2.13. The average Bonchev–Trinajstić information content (AvgIpc) is 1.76. The summed E-state index contributed by atoms with van der Waals surface area (Å²) in [6.07, 6.45) is 6.05. The molecule has 0 unspecified atom stereocenters. The normalized spacial score (nSPS) is 14.8. The largest absolute Gasteiger partial charge is 0.287 e. The Kier molecular flexibility index (Phi) is 3.69. The summed E-state index contributed by atoms with van der Waals surface area (Å²) in [5.41, 5.74) is 0.298. The SMILES string of the molecule is CC(C)(C)C=CC=NC(C)(C)C. The van der Waals surface area contributed by atoms with Gasteiger partial charge in [-0.2, -0.15) is 0 Å². The van der Waals surface area contributed by atoms with Crippen LogP contribution in [0, 0.1) is 5.41 Å². The van der Waals surface area contributed by atoms with E-state index in [0.717, 1.165) is 0 Å². The van der Waals surface area contributed by atoms with E-state index in [2.05, 4.69) is 52.6 Å². The van der Waals surface area contributed by atoms with Gasteiger partial charge < -0.3 is 0 Å². The summed E-state index contributed by atoms with van der Waals surface area (Å²) in [6.45, 7) is 12.8. The zero-order valence-electron chi connectivity index (χ0n) is 9.18. The standard InChI is InChI=1S/C11H21N/c1-10(2,3)8-7-9-12-11(4,5)6/h7-9H,1-6H3. The van der Waals surface area contributed by atoms with Crippen molar-refractivity contribution in [2.75, 3.05) is 0 Å². The van der Waals surface area contributed by atoms with Gasteiger partial charge in [0.1, 0.15) is 0 Å². The molecule has 0 rings (SSSR count). The van der Waals surface area contributed by atoms with Crippen LogP contribution in [0.25, 0.3) is 0 Å². The van der Waals surface area contributed by atoms with Gasteiger partial charge in [0.15, 0.2) is 0 Å². The Morgan fingerprint density at radius 2 is 1.42 bits per heavy atom. The van der Waals surface area contributed by atoms with Gasteiger partial charge in [0, 0.05) is 6.21 Å². The monoisotopic (exact) mass is 167 g/mol. The molecule has 0 bridgehead atoms. The molecule has 0 aromatic carbocycles. The van der Waals surface area contributed by atoms with Crippen molar-refractivity contribution in [2.45, 2.75) is 47.1 Å². The fourth-order valence-electron chi connectivity index (χ4n) is 0.598. The van der Waals surface area contributed by atoms with Crippen LogP contribution >= 0.6 is 0 Å². The van der Waals surface area contributed by atoms with E-state index in [1.54, 1.807) is 0 Å². The number of hydrogen-bond acceptors (Lipinski definition) is 1. The summed E-state index contributed by atoms with van der Waals surface area (Å²) in [5.74, 6) is 0. The lowest BCUT2D eigenvalue weighted by molar-refractivity contribution is 0.544. The Bertz CT molecular complexity index is 152. The zero-order valence-corrected chi connectivity index (χ0v) is 9.18. The second kappa shape index (κ2) is 3.88. The molecule has 0 aromatic rings. The number of allylic oxidation sites excluding steroid dienone is 2. The molecule has 12 heavy (non-hydrogen) atoms. The number of rotatable bonds is 1. The maximum absolute atomic E-state index is 4.35. The fourth-order valence-corrected chi connectivity index (χ4v) is 0.598. The quantitative estimate of drug-likeness (QED) is 0.530. The summed E-state index contributed by atoms with van der Waals surface area (Å²) in [7, 11) is 0. The Labute approximate surface area is 76.6 Å². The summed E-state index contributed by atoms with van der Waals surface area (Å²) in [6, 6.07) is 0. The molecule has 0 amide bonds. The first kappa shape index (κ1) is 11.4. The van der Waals surface area contributed by atoms with Crippen LogP contribution in [0.2, 0.25) is 0 Å². The van der Waals surface area contributed by atoms with Gasteiger partial charge >= 0.3 is 0 Å². The third kappa shape index (κ3) is 9.41. The minimum Gasteiger partial charge on any atom is -0.287 e. The second-order valence-electron chi connectivity index (χ2n) is 5.17. The van der Waals surface area contributed by atoms with Crippen molar-refractivity contribution in [3.05, 3.63) is 12.2 Å². The van der Waals surface area contributed by atoms with Crippen LogP contribution in [0.1, 0.15) is 41.5 Å². The smallest absolute Gasteiger partial charge is 0.0524 e. The van der Waals surface area contributed by atoms with E-state index >= 15 is 0 Å². The van der Waals surface area contributed by atoms with E-state index in [0.29, 0.717) is 0 Å². The van der Waals surface area contributed by atoms with E-state index in [9.17, 15) is 0 Å². The summed E-state index contributed by atoms with van der Waals surface area (Å²) in [5, 5.41) is 0. The molecular formula is C11H21N. The van der Waals surface area contributed by atoms with E-state index < -0.39 is 0 Å². The molecule has 70 valence electrons. The van der Waals surface area contributed by atoms with Gasteiger partial charge in [-0.1, -0.05) is 26.8 Å². The van der Waals surface area contributed by atoms with Gasteiger partial charge in [-0.25, -0.2) is 0 Å². The van der Waals surface area contributed by atoms with E-state index in [1.165, 1.54) is 0 Å². The molecular weight excluding hydrogens is 146 g/mol. The van der Waals surface area contributed by atoms with Crippen LogP contribution in [0.15, 0.2) is 17.1 Å². The Hall–Kier alpha value is -0.590. The molecule has 0 heterocycles. The van der Waals surface area contributed by atoms with Crippen molar-refractivity contribution >= 4 is 6.21 Å². The fraction of sp³-hybridized carbons (Fsp3) is 0.727. The Morgan fingerprint density at radius 3 is 1.75 bits per heavy atom. The molecule has 0 aliphatic rings. The molecule has 0 atom stereocenters. The number of nitrogens with zero attached hydrogens (tertiary/aromatic N) is 1. The van der Waals surface area contributed by atoms with Gasteiger partial charge in [-0.15, -0.1) is 0 Å². The molecule has 0 aliphatic carbocycles. The van der Waals surface area contributed by atoms with Gasteiger partial charge in [0.25, 0.3) is 0 Å². The molecule has 1 heteroatoms. The molecule has 0 N–H and O–H groups in total. The van der Waals surface area contributed by atoms with Crippen molar-refractivity contribution in [3.8, 4) is 0 Å². The molecule has 0 radical (unpaired) electrons. The highest BCUT2D eigenvalue weighted by atomic mass is 14.8. The lowest BCUT2D eigenvalue weighted by atomic mass is 9.96. The minimum atomic E-state index is 0.0439. The van der Waals surface area contributed by atoms with Gasteiger partial charge in [0.05, 0.1) is 5.54 Å². The lowest BCUT2D eigenvalue weighted by Gasteiger charge is -2.11. The van der Waals surface area contributed by atoms with Crippen molar-refractivity contribution in [3.63, 3.8) is 0 Å². The van der Waals surface area contributed by atoms with Gasteiger partial charge in [0.2, 0.25) is 0 Å². The summed E-state index contributed by atoms with van der Waals surface area (Å²) in [4.78, 5) is 4.35. The number of hydrogen-bond donors (Lipinski definition) is 0. The van der Waals surface area contributed by atoms with E-state index in [-0.39, 0.29) is 11.0 Å². The van der Waals surface area contributed by atoms with Crippen LogP contribution < -0.4 is 0 Å². The van der Waals surface area contributed by atoms with Crippen LogP contribution in [-0.4, -0.2) is 11.8 Å². The van der Waals surface area contributed by atoms with Crippen molar-refractivity contribution in [1.29, 1.82) is 0 Å². The van der Waals surface area contributed by atoms with Gasteiger partial charge in [-0.05, 0) is 32.3 Å². The van der Waals surface area contributed by atoms with Crippen LogP contribution in [-0.2, 0) is 0 Å². The topological polar surface area (TPSA) is 12.4 Å². The summed E-state index contributed by atoms with van der Waals surface area (Å²) < 4.78 is 0. The predicted molar refractivity (Wildman–Crippen MR) is 56.8 cm³/mol.